The molecule has 0 radical (unpaired) electrons. The van der Waals surface area contributed by atoms with E-state index in [4.69, 9.17) is 9.15 Å². The molecule has 0 unspecified atom stereocenters. The molecule has 25 heavy (non-hydrogen) atoms. The van der Waals surface area contributed by atoms with E-state index in [0.29, 0.717) is 17.8 Å². The second-order valence-corrected chi connectivity index (χ2v) is 5.59. The monoisotopic (exact) mass is 338 g/mol. The van der Waals surface area contributed by atoms with E-state index in [9.17, 15) is 9.59 Å². The maximum atomic E-state index is 12.3. The number of hydrazine groups is 1. The minimum absolute atomic E-state index is 0.176. The number of rotatable bonds is 4. The Labute approximate surface area is 144 Å². The highest BCUT2D eigenvalue weighted by atomic mass is 16.5. The summed E-state index contributed by atoms with van der Waals surface area (Å²) in [5, 5.41) is 0.867. The maximum absolute atomic E-state index is 12.3. The topological polar surface area (TPSA) is 80.6 Å². The van der Waals surface area contributed by atoms with Crippen molar-refractivity contribution in [1.82, 2.24) is 10.9 Å². The molecular weight excluding hydrogens is 320 g/mol. The number of fused-ring (bicyclic) bond motifs is 1. The van der Waals surface area contributed by atoms with Crippen LogP contribution >= 0.6 is 0 Å². The molecule has 0 aliphatic heterocycles. The second-order valence-electron chi connectivity index (χ2n) is 5.59. The molecule has 0 saturated carbocycles. The summed E-state index contributed by atoms with van der Waals surface area (Å²) >= 11 is 0. The zero-order chi connectivity index (χ0) is 17.8. The fourth-order valence-corrected chi connectivity index (χ4v) is 2.60. The first kappa shape index (κ1) is 16.7. The van der Waals surface area contributed by atoms with Crippen LogP contribution in [0.4, 0.5) is 0 Å². The van der Waals surface area contributed by atoms with Gasteiger partial charge in [0.05, 0.1) is 6.61 Å². The standard InChI is InChI=1S/C19H18N2O4/c1-12-15-8-3-4-9-16(15)25-17(12)19(23)21-20-18(22)14-7-5-6-13(10-14)11-24-2/h3-10H,11H2,1-2H3,(H,20,22)(H,21,23). The van der Waals surface area contributed by atoms with Crippen molar-refractivity contribution in [3.05, 3.63) is 71.0 Å². The lowest BCUT2D eigenvalue weighted by atomic mass is 10.1. The number of amides is 2. The van der Waals surface area contributed by atoms with E-state index in [2.05, 4.69) is 10.9 Å². The number of aryl methyl sites for hydroxylation is 1. The Bertz CT molecular complexity index is 930. The Morgan fingerprint density at radius 2 is 1.80 bits per heavy atom. The van der Waals surface area contributed by atoms with Gasteiger partial charge in [0.2, 0.25) is 0 Å². The fraction of sp³-hybridized carbons (Fsp3) is 0.158. The molecule has 0 saturated heterocycles. The number of ether oxygens (including phenoxy) is 1. The number of carbonyl (C=O) groups excluding carboxylic acids is 2. The van der Waals surface area contributed by atoms with Crippen molar-refractivity contribution in [2.75, 3.05) is 7.11 Å². The third-order valence-corrected chi connectivity index (χ3v) is 3.84. The predicted octanol–water partition coefficient (Wildman–Crippen LogP) is 2.96. The van der Waals surface area contributed by atoms with Gasteiger partial charge in [0.25, 0.3) is 5.91 Å². The molecule has 6 heteroatoms. The van der Waals surface area contributed by atoms with Crippen molar-refractivity contribution in [1.29, 1.82) is 0 Å². The average Bonchev–Trinajstić information content (AvgIpc) is 2.97. The molecule has 0 aliphatic carbocycles. The number of carbonyl (C=O) groups is 2. The van der Waals surface area contributed by atoms with Crippen LogP contribution in [0.2, 0.25) is 0 Å². The van der Waals surface area contributed by atoms with Crippen molar-refractivity contribution in [2.24, 2.45) is 0 Å². The number of hydrogen-bond acceptors (Lipinski definition) is 4. The van der Waals surface area contributed by atoms with Crippen LogP contribution in [0.5, 0.6) is 0 Å². The van der Waals surface area contributed by atoms with E-state index in [-0.39, 0.29) is 5.76 Å². The molecule has 0 fully saturated rings. The third kappa shape index (κ3) is 3.54. The Morgan fingerprint density at radius 3 is 2.56 bits per heavy atom. The van der Waals surface area contributed by atoms with Crippen LogP contribution in [0.25, 0.3) is 11.0 Å². The number of methoxy groups -OCH3 is 1. The van der Waals surface area contributed by atoms with Gasteiger partial charge in [0.15, 0.2) is 5.76 Å². The van der Waals surface area contributed by atoms with Crippen molar-refractivity contribution in [2.45, 2.75) is 13.5 Å². The highest BCUT2D eigenvalue weighted by Crippen LogP contribution is 2.24. The first-order valence-corrected chi connectivity index (χ1v) is 7.77. The first-order chi connectivity index (χ1) is 12.1. The van der Waals surface area contributed by atoms with Crippen molar-refractivity contribution in [3.63, 3.8) is 0 Å². The van der Waals surface area contributed by atoms with E-state index in [1.807, 2.05) is 24.3 Å². The zero-order valence-corrected chi connectivity index (χ0v) is 14.0. The summed E-state index contributed by atoms with van der Waals surface area (Å²) in [6.45, 7) is 2.21. The highest BCUT2D eigenvalue weighted by Gasteiger charge is 2.18. The van der Waals surface area contributed by atoms with Gasteiger partial charge < -0.3 is 9.15 Å². The SMILES string of the molecule is COCc1cccc(C(=O)NNC(=O)c2oc3ccccc3c2C)c1. The summed E-state index contributed by atoms with van der Waals surface area (Å²) in [5.41, 5.74) is 7.44. The van der Waals surface area contributed by atoms with Crippen LogP contribution in [0, 0.1) is 6.92 Å². The molecule has 6 nitrogen and oxygen atoms in total. The molecule has 3 rings (SSSR count). The number of furan rings is 1. The summed E-state index contributed by atoms with van der Waals surface area (Å²) in [6, 6.07) is 14.4. The molecule has 0 bridgehead atoms. The van der Waals surface area contributed by atoms with Crippen LogP contribution in [0.1, 0.15) is 32.0 Å². The minimum atomic E-state index is -0.505. The average molecular weight is 338 g/mol. The van der Waals surface area contributed by atoms with E-state index in [1.165, 1.54) is 0 Å². The van der Waals surface area contributed by atoms with Crippen LogP contribution in [0.3, 0.4) is 0 Å². The maximum Gasteiger partial charge on any atom is 0.305 e. The Kier molecular flexibility index (Phi) is 4.81. The summed E-state index contributed by atoms with van der Waals surface area (Å²) in [6.07, 6.45) is 0. The number of nitrogens with one attached hydrogen (secondary N) is 2. The van der Waals surface area contributed by atoms with Gasteiger partial charge in [-0.1, -0.05) is 30.3 Å². The zero-order valence-electron chi connectivity index (χ0n) is 14.0. The number of hydrogen-bond donors (Lipinski definition) is 2. The molecule has 0 aliphatic rings. The van der Waals surface area contributed by atoms with Gasteiger partial charge in [-0.2, -0.15) is 0 Å². The molecule has 2 amide bonds. The van der Waals surface area contributed by atoms with E-state index in [0.717, 1.165) is 16.5 Å². The quantitative estimate of drug-likeness (QED) is 0.717. The first-order valence-electron chi connectivity index (χ1n) is 7.77. The summed E-state index contributed by atoms with van der Waals surface area (Å²) < 4.78 is 10.6. The molecule has 2 N–H and O–H groups in total. The molecule has 1 aromatic heterocycles. The smallest absolute Gasteiger partial charge is 0.305 e. The molecular formula is C19H18N2O4. The van der Waals surface area contributed by atoms with E-state index in [1.54, 1.807) is 38.3 Å². The van der Waals surface area contributed by atoms with Gasteiger partial charge in [-0.3, -0.25) is 20.4 Å². The van der Waals surface area contributed by atoms with Gasteiger partial charge in [-0.05, 0) is 30.7 Å². The molecule has 1 heterocycles. The summed E-state index contributed by atoms with van der Waals surface area (Å²) in [7, 11) is 1.59. The van der Waals surface area contributed by atoms with Crippen molar-refractivity contribution >= 4 is 22.8 Å². The fourth-order valence-electron chi connectivity index (χ4n) is 2.60. The number of benzene rings is 2. The lowest BCUT2D eigenvalue weighted by Gasteiger charge is -2.07. The summed E-state index contributed by atoms with van der Waals surface area (Å²) in [4.78, 5) is 24.5. The third-order valence-electron chi connectivity index (χ3n) is 3.84. The van der Waals surface area contributed by atoms with Gasteiger partial charge in [-0.15, -0.1) is 0 Å². The van der Waals surface area contributed by atoms with Crippen LogP contribution in [-0.2, 0) is 11.3 Å². The molecule has 128 valence electrons. The second kappa shape index (κ2) is 7.19. The van der Waals surface area contributed by atoms with E-state index >= 15 is 0 Å². The van der Waals surface area contributed by atoms with Crippen molar-refractivity contribution < 1.29 is 18.7 Å². The van der Waals surface area contributed by atoms with Gasteiger partial charge in [0.1, 0.15) is 5.58 Å². The summed E-state index contributed by atoms with van der Waals surface area (Å²) in [5.74, 6) is -0.746. The molecule has 0 spiro atoms. The normalized spacial score (nSPS) is 10.6. The van der Waals surface area contributed by atoms with Crippen molar-refractivity contribution in [3.8, 4) is 0 Å². The molecule has 2 aromatic carbocycles. The van der Waals surface area contributed by atoms with Crippen LogP contribution in [-0.4, -0.2) is 18.9 Å². The van der Waals surface area contributed by atoms with E-state index < -0.39 is 11.8 Å². The molecule has 3 aromatic rings. The van der Waals surface area contributed by atoms with Gasteiger partial charge in [-0.25, -0.2) is 0 Å². The number of para-hydroxylation sites is 1. The minimum Gasteiger partial charge on any atom is -0.451 e. The largest absolute Gasteiger partial charge is 0.451 e. The Hall–Kier alpha value is -3.12. The Morgan fingerprint density at radius 1 is 1.04 bits per heavy atom. The lowest BCUT2D eigenvalue weighted by Crippen LogP contribution is -2.41. The van der Waals surface area contributed by atoms with Crippen LogP contribution < -0.4 is 10.9 Å². The highest BCUT2D eigenvalue weighted by molar-refractivity contribution is 6.01. The predicted molar refractivity (Wildman–Crippen MR) is 93.0 cm³/mol. The molecule has 0 atom stereocenters. The Balaban J connectivity index is 1.70. The lowest BCUT2D eigenvalue weighted by molar-refractivity contribution is 0.0831. The van der Waals surface area contributed by atoms with Crippen LogP contribution in [0.15, 0.2) is 52.9 Å². The van der Waals surface area contributed by atoms with Gasteiger partial charge >= 0.3 is 5.91 Å². The van der Waals surface area contributed by atoms with Gasteiger partial charge in [0, 0.05) is 23.6 Å².